The number of amides is 1. The number of aliphatic imine (C=N–C) groups is 1. The van der Waals surface area contributed by atoms with Gasteiger partial charge in [-0.15, -0.1) is 0 Å². The molecule has 202 valence electrons. The third-order valence-corrected chi connectivity index (χ3v) is 8.57. The van der Waals surface area contributed by atoms with Gasteiger partial charge in [-0.1, -0.05) is 11.3 Å². The van der Waals surface area contributed by atoms with Crippen LogP contribution in [0.15, 0.2) is 15.6 Å². The minimum absolute atomic E-state index is 0.135. The molecule has 0 N–H and O–H groups in total. The average molecular weight is 537 g/mol. The smallest absolute Gasteiger partial charge is 0.283 e. The van der Waals surface area contributed by atoms with Crippen LogP contribution in [-0.4, -0.2) is 65.4 Å². The number of ether oxygens (including phenoxy) is 2. The SMILES string of the molecule is Cc1cc(OCC(=O)N=CC2CCC(CCN3CCc4nc(OC5CC(F)(F)C5)sc4CC3)CC2)no1. The molecule has 37 heavy (non-hydrogen) atoms. The molecule has 2 aromatic heterocycles. The molecule has 11 heteroatoms. The van der Waals surface area contributed by atoms with Crippen LogP contribution in [0.5, 0.6) is 11.1 Å². The summed E-state index contributed by atoms with van der Waals surface area (Å²) in [4.78, 5) is 24.4. The molecule has 0 saturated heterocycles. The van der Waals surface area contributed by atoms with Gasteiger partial charge < -0.3 is 18.9 Å². The van der Waals surface area contributed by atoms with Crippen LogP contribution in [0.2, 0.25) is 0 Å². The molecule has 3 heterocycles. The number of nitrogens with zero attached hydrogens (tertiary/aromatic N) is 4. The molecule has 1 amide bonds. The monoisotopic (exact) mass is 536 g/mol. The molecule has 2 fully saturated rings. The van der Waals surface area contributed by atoms with Crippen LogP contribution < -0.4 is 9.47 Å². The third-order valence-electron chi connectivity index (χ3n) is 7.52. The molecule has 0 atom stereocenters. The van der Waals surface area contributed by atoms with Gasteiger partial charge in [0.15, 0.2) is 6.61 Å². The summed E-state index contributed by atoms with van der Waals surface area (Å²) >= 11 is 1.53. The number of halogens is 2. The van der Waals surface area contributed by atoms with Crippen molar-refractivity contribution in [1.29, 1.82) is 0 Å². The number of rotatable bonds is 9. The molecule has 1 aliphatic heterocycles. The van der Waals surface area contributed by atoms with Gasteiger partial charge in [-0.3, -0.25) is 4.79 Å². The van der Waals surface area contributed by atoms with Crippen molar-refractivity contribution in [2.75, 3.05) is 26.2 Å². The summed E-state index contributed by atoms with van der Waals surface area (Å²) < 4.78 is 42.0. The fourth-order valence-electron chi connectivity index (χ4n) is 5.26. The molecule has 3 aliphatic rings. The van der Waals surface area contributed by atoms with Crippen molar-refractivity contribution in [2.45, 2.75) is 76.7 Å². The van der Waals surface area contributed by atoms with Crippen LogP contribution >= 0.6 is 11.3 Å². The van der Waals surface area contributed by atoms with Crippen LogP contribution in [-0.2, 0) is 17.6 Å². The topological polar surface area (TPSA) is 90.0 Å². The molecular formula is C26H34F2N4O4S. The zero-order chi connectivity index (χ0) is 25.8. The number of fused-ring (bicyclic) bond motifs is 1. The highest BCUT2D eigenvalue weighted by Gasteiger charge is 2.47. The quantitative estimate of drug-likeness (QED) is 0.422. The molecular weight excluding hydrogens is 502 g/mol. The van der Waals surface area contributed by atoms with Crippen molar-refractivity contribution >= 4 is 23.5 Å². The van der Waals surface area contributed by atoms with Gasteiger partial charge in [0.05, 0.1) is 5.69 Å². The van der Waals surface area contributed by atoms with Crippen molar-refractivity contribution in [3.05, 3.63) is 22.4 Å². The van der Waals surface area contributed by atoms with Gasteiger partial charge in [-0.25, -0.2) is 18.8 Å². The zero-order valence-electron chi connectivity index (χ0n) is 21.2. The van der Waals surface area contributed by atoms with E-state index in [1.54, 1.807) is 19.2 Å². The summed E-state index contributed by atoms with van der Waals surface area (Å²) in [6, 6.07) is 1.63. The van der Waals surface area contributed by atoms with Crippen molar-refractivity contribution < 1.29 is 27.6 Å². The summed E-state index contributed by atoms with van der Waals surface area (Å²) in [5, 5.41) is 4.25. The van der Waals surface area contributed by atoms with E-state index in [2.05, 4.69) is 20.0 Å². The van der Waals surface area contributed by atoms with Gasteiger partial charge in [-0.2, -0.15) is 0 Å². The maximum absolute atomic E-state index is 13.1. The lowest BCUT2D eigenvalue weighted by molar-refractivity contribution is -0.134. The van der Waals surface area contributed by atoms with Gasteiger partial charge in [-0.05, 0) is 69.0 Å². The van der Waals surface area contributed by atoms with E-state index in [0.717, 1.165) is 63.9 Å². The Labute approximate surface area is 219 Å². The number of aromatic nitrogens is 2. The van der Waals surface area contributed by atoms with E-state index in [9.17, 15) is 13.6 Å². The predicted octanol–water partition coefficient (Wildman–Crippen LogP) is 4.89. The second-order valence-corrected chi connectivity index (χ2v) is 11.5. The molecule has 2 saturated carbocycles. The van der Waals surface area contributed by atoms with E-state index in [4.69, 9.17) is 14.0 Å². The molecule has 5 rings (SSSR count). The largest absolute Gasteiger partial charge is 0.466 e. The van der Waals surface area contributed by atoms with Gasteiger partial charge in [0, 0.05) is 49.5 Å². The number of hydrogen-bond donors (Lipinski definition) is 0. The lowest BCUT2D eigenvalue weighted by Crippen LogP contribution is -2.43. The summed E-state index contributed by atoms with van der Waals surface area (Å²) in [6.07, 6.45) is 8.43. The number of carbonyl (C=O) groups excluding carboxylic acids is 1. The summed E-state index contributed by atoms with van der Waals surface area (Å²) in [6.45, 7) is 4.67. The van der Waals surface area contributed by atoms with Gasteiger partial charge in [0.25, 0.3) is 22.9 Å². The van der Waals surface area contributed by atoms with E-state index < -0.39 is 12.0 Å². The van der Waals surface area contributed by atoms with E-state index in [1.807, 2.05) is 0 Å². The Morgan fingerprint density at radius 1 is 1.27 bits per heavy atom. The van der Waals surface area contributed by atoms with E-state index in [1.165, 1.54) is 22.6 Å². The fourth-order valence-corrected chi connectivity index (χ4v) is 6.27. The van der Waals surface area contributed by atoms with E-state index in [-0.39, 0.29) is 25.4 Å². The molecule has 0 radical (unpaired) electrons. The Balaban J connectivity index is 0.969. The van der Waals surface area contributed by atoms with Gasteiger partial charge in [0.2, 0.25) is 0 Å². The first-order valence-corrected chi connectivity index (χ1v) is 14.0. The Kier molecular flexibility index (Phi) is 8.18. The Morgan fingerprint density at radius 2 is 2.05 bits per heavy atom. The molecule has 2 aromatic rings. The Morgan fingerprint density at radius 3 is 2.78 bits per heavy atom. The van der Waals surface area contributed by atoms with Gasteiger partial charge in [0.1, 0.15) is 11.9 Å². The van der Waals surface area contributed by atoms with Crippen molar-refractivity contribution in [1.82, 2.24) is 15.0 Å². The van der Waals surface area contributed by atoms with Crippen LogP contribution in [0.3, 0.4) is 0 Å². The summed E-state index contributed by atoms with van der Waals surface area (Å²) in [5.74, 6) is -0.897. The van der Waals surface area contributed by atoms with Crippen molar-refractivity contribution in [3.63, 3.8) is 0 Å². The van der Waals surface area contributed by atoms with Crippen molar-refractivity contribution in [3.8, 4) is 11.1 Å². The predicted molar refractivity (Wildman–Crippen MR) is 135 cm³/mol. The molecule has 2 aliphatic carbocycles. The fraction of sp³-hybridized carbons (Fsp3) is 0.692. The lowest BCUT2D eigenvalue weighted by atomic mass is 9.81. The third kappa shape index (κ3) is 7.34. The molecule has 0 aromatic carbocycles. The summed E-state index contributed by atoms with van der Waals surface area (Å²) in [7, 11) is 0. The van der Waals surface area contributed by atoms with Crippen molar-refractivity contribution in [2.24, 2.45) is 16.8 Å². The highest BCUT2D eigenvalue weighted by atomic mass is 32.1. The minimum atomic E-state index is -2.57. The van der Waals surface area contributed by atoms with Crippen LogP contribution in [0.25, 0.3) is 0 Å². The maximum Gasteiger partial charge on any atom is 0.283 e. The van der Waals surface area contributed by atoms with Gasteiger partial charge >= 0.3 is 0 Å². The van der Waals surface area contributed by atoms with Crippen LogP contribution in [0.1, 0.15) is 61.3 Å². The number of alkyl halides is 2. The molecule has 0 bridgehead atoms. The first kappa shape index (κ1) is 26.2. The molecule has 0 unspecified atom stereocenters. The second kappa shape index (κ2) is 11.6. The minimum Gasteiger partial charge on any atom is -0.466 e. The van der Waals surface area contributed by atoms with E-state index >= 15 is 0 Å². The summed E-state index contributed by atoms with van der Waals surface area (Å²) in [5.41, 5.74) is 1.07. The number of thiazole rings is 1. The van der Waals surface area contributed by atoms with Crippen LogP contribution in [0, 0.1) is 18.8 Å². The average Bonchev–Trinajstić information content (AvgIpc) is 3.40. The number of aryl methyl sites for hydroxylation is 1. The van der Waals surface area contributed by atoms with Crippen LogP contribution in [0.4, 0.5) is 8.78 Å². The lowest BCUT2D eigenvalue weighted by Gasteiger charge is -2.33. The highest BCUT2D eigenvalue weighted by Crippen LogP contribution is 2.41. The first-order chi connectivity index (χ1) is 17.8. The normalized spacial score (nSPS) is 24.4. The highest BCUT2D eigenvalue weighted by molar-refractivity contribution is 7.13. The second-order valence-electron chi connectivity index (χ2n) is 10.5. The Hall–Kier alpha value is -2.40. The zero-order valence-corrected chi connectivity index (χ0v) is 22.0. The number of carbonyl (C=O) groups is 1. The first-order valence-electron chi connectivity index (χ1n) is 13.2. The standard InChI is InChI=1S/C26H34F2N4O4S/c1-17-12-24(31-36-17)34-16-23(33)29-15-19-4-2-18(3-5-19)6-9-32-10-7-21-22(8-11-32)37-25(30-21)35-20-13-26(27,28)14-20/h12,15,18-20H,2-11,13-14,16H2,1H3. The number of hydrogen-bond acceptors (Lipinski definition) is 8. The molecule has 0 spiro atoms. The molecule has 8 nitrogen and oxygen atoms in total. The van der Waals surface area contributed by atoms with E-state index in [0.29, 0.717) is 28.7 Å². The maximum atomic E-state index is 13.1. The Bertz CT molecular complexity index is 1060.